The van der Waals surface area contributed by atoms with Gasteiger partial charge in [-0.25, -0.2) is 9.97 Å². The number of piperidine rings is 1. The van der Waals surface area contributed by atoms with Crippen molar-refractivity contribution in [2.24, 2.45) is 0 Å². The standard InChI is InChI=1S/C46H52N8O4/c1-6-29-12-10-13-30(7-2)37(29)27-39(55)42-36-17-11-14-31-28-47-46(48-38-19-18-33(26-40(38)58-5)52-22-20-32(21-23-52)51(3)4)49-41(31)43(36)54(50-42)25-24-53-44(56)34-15-8-9-16-35(34)45(53)57/h8-10,12-13,15-16,18-19,26,28,32H,6-7,11,14,17,20-25,27H2,1-5H3,(H,47,48,49). The van der Waals surface area contributed by atoms with Crippen molar-refractivity contribution in [3.8, 4) is 17.1 Å². The van der Waals surface area contributed by atoms with Gasteiger partial charge in [0.2, 0.25) is 5.95 Å². The van der Waals surface area contributed by atoms with E-state index in [-0.39, 0.29) is 37.1 Å². The number of benzene rings is 3. The fourth-order valence-corrected chi connectivity index (χ4v) is 8.90. The van der Waals surface area contributed by atoms with Crippen LogP contribution in [-0.2, 0) is 38.6 Å². The van der Waals surface area contributed by atoms with Gasteiger partial charge in [-0.05, 0) is 106 Å². The number of carbonyl (C=O) groups is 3. The van der Waals surface area contributed by atoms with Gasteiger partial charge >= 0.3 is 0 Å². The van der Waals surface area contributed by atoms with Crippen molar-refractivity contribution in [2.45, 2.75) is 77.8 Å². The SMILES string of the molecule is CCc1cccc(CC)c1CC(=O)c1nn(CCN2C(=O)c3ccccc3C2=O)c2c1CCCc1cnc(Nc3ccc(N4CCC(N(C)C)CC4)cc3OC)nc1-2. The fourth-order valence-electron chi connectivity index (χ4n) is 8.90. The highest BCUT2D eigenvalue weighted by atomic mass is 16.5. The molecule has 0 atom stereocenters. The monoisotopic (exact) mass is 780 g/mol. The van der Waals surface area contributed by atoms with E-state index in [2.05, 4.69) is 73.4 Å². The first-order chi connectivity index (χ1) is 28.2. The molecule has 1 saturated heterocycles. The summed E-state index contributed by atoms with van der Waals surface area (Å²) in [6, 6.07) is 19.9. The Morgan fingerprint density at radius 1 is 0.914 bits per heavy atom. The van der Waals surface area contributed by atoms with Crippen LogP contribution in [0.15, 0.2) is 66.9 Å². The molecule has 0 bridgehead atoms. The summed E-state index contributed by atoms with van der Waals surface area (Å²) in [6.45, 7) is 6.47. The zero-order valence-electron chi connectivity index (χ0n) is 34.2. The fraction of sp³-hybridized carbons (Fsp3) is 0.391. The van der Waals surface area contributed by atoms with Crippen molar-refractivity contribution in [2.75, 3.05) is 51.1 Å². The van der Waals surface area contributed by atoms with Gasteiger partial charge < -0.3 is 19.9 Å². The maximum Gasteiger partial charge on any atom is 0.261 e. The minimum absolute atomic E-state index is 0.0575. The molecule has 8 rings (SSSR count). The number of aryl methyl sites for hydroxylation is 3. The first kappa shape index (κ1) is 39.0. The van der Waals surface area contributed by atoms with E-state index in [4.69, 9.17) is 19.8 Å². The number of fused-ring (bicyclic) bond motifs is 4. The molecule has 0 radical (unpaired) electrons. The highest BCUT2D eigenvalue weighted by Gasteiger charge is 2.36. The Morgan fingerprint density at radius 3 is 2.28 bits per heavy atom. The van der Waals surface area contributed by atoms with Crippen molar-refractivity contribution < 1.29 is 19.1 Å². The summed E-state index contributed by atoms with van der Waals surface area (Å²) < 4.78 is 7.67. The number of imide groups is 1. The van der Waals surface area contributed by atoms with E-state index in [1.165, 1.54) is 4.90 Å². The van der Waals surface area contributed by atoms with E-state index in [1.807, 2.05) is 12.3 Å². The number of rotatable bonds is 13. The van der Waals surface area contributed by atoms with Gasteiger partial charge in [0.1, 0.15) is 11.4 Å². The van der Waals surface area contributed by atoms with Gasteiger partial charge in [0.05, 0.1) is 41.9 Å². The van der Waals surface area contributed by atoms with Gasteiger partial charge in [-0.2, -0.15) is 5.10 Å². The third kappa shape index (κ3) is 7.37. The van der Waals surface area contributed by atoms with E-state index in [0.29, 0.717) is 46.7 Å². The largest absolute Gasteiger partial charge is 0.494 e. The summed E-state index contributed by atoms with van der Waals surface area (Å²) in [5.41, 5.74) is 9.63. The smallest absolute Gasteiger partial charge is 0.261 e. The normalized spacial score (nSPS) is 15.3. The predicted octanol–water partition coefficient (Wildman–Crippen LogP) is 6.96. The molecule has 58 heavy (non-hydrogen) atoms. The molecule has 1 aliphatic carbocycles. The number of amides is 2. The van der Waals surface area contributed by atoms with E-state index in [9.17, 15) is 14.4 Å². The second kappa shape index (κ2) is 16.5. The van der Waals surface area contributed by atoms with Crippen LogP contribution in [0.4, 0.5) is 17.3 Å². The zero-order valence-corrected chi connectivity index (χ0v) is 34.2. The summed E-state index contributed by atoms with van der Waals surface area (Å²) in [5.74, 6) is 0.355. The molecule has 0 saturated carbocycles. The number of methoxy groups -OCH3 is 1. The Balaban J connectivity index is 1.14. The van der Waals surface area contributed by atoms with Gasteiger partial charge in [0, 0.05) is 55.6 Å². The highest BCUT2D eigenvalue weighted by Crippen LogP contribution is 2.37. The Morgan fingerprint density at radius 2 is 1.62 bits per heavy atom. The number of aromatic nitrogens is 4. The second-order valence-corrected chi connectivity index (χ2v) is 15.7. The molecule has 2 amide bonds. The molecular formula is C46H52N8O4. The molecule has 0 unspecified atom stereocenters. The Hall–Kier alpha value is -5.88. The summed E-state index contributed by atoms with van der Waals surface area (Å²) in [5, 5.41) is 8.43. The van der Waals surface area contributed by atoms with Crippen LogP contribution in [0.2, 0.25) is 0 Å². The molecule has 1 fully saturated rings. The Labute approximate surface area is 340 Å². The van der Waals surface area contributed by atoms with Crippen LogP contribution < -0.4 is 15.0 Å². The third-order valence-electron chi connectivity index (χ3n) is 12.2. The van der Waals surface area contributed by atoms with Crippen LogP contribution >= 0.6 is 0 Å². The lowest BCUT2D eigenvalue weighted by atomic mass is 9.92. The van der Waals surface area contributed by atoms with Crippen LogP contribution in [0, 0.1) is 0 Å². The van der Waals surface area contributed by atoms with Gasteiger partial charge in [0.15, 0.2) is 5.78 Å². The number of ether oxygens (including phenoxy) is 1. The summed E-state index contributed by atoms with van der Waals surface area (Å²) in [4.78, 5) is 57.1. The zero-order chi connectivity index (χ0) is 40.5. The number of carbonyl (C=O) groups excluding carboxylic acids is 3. The minimum Gasteiger partial charge on any atom is -0.494 e. The number of nitrogens with zero attached hydrogens (tertiary/aromatic N) is 7. The molecule has 3 aliphatic rings. The topological polar surface area (TPSA) is 126 Å². The lowest BCUT2D eigenvalue weighted by Crippen LogP contribution is -2.41. The maximum absolute atomic E-state index is 14.5. The minimum atomic E-state index is -0.328. The van der Waals surface area contributed by atoms with Crippen LogP contribution in [0.5, 0.6) is 5.75 Å². The van der Waals surface area contributed by atoms with Crippen molar-refractivity contribution in [1.82, 2.24) is 29.5 Å². The van der Waals surface area contributed by atoms with Crippen molar-refractivity contribution in [1.29, 1.82) is 0 Å². The first-order valence-corrected chi connectivity index (χ1v) is 20.6. The number of Topliss-reactive ketones (excluding diaryl/α,β-unsaturated/α-hetero) is 1. The Bertz CT molecular complexity index is 2320. The van der Waals surface area contributed by atoms with Crippen LogP contribution in [0.25, 0.3) is 11.4 Å². The van der Waals surface area contributed by atoms with Gasteiger partial charge in [-0.15, -0.1) is 0 Å². The molecule has 3 aromatic carbocycles. The molecule has 2 aromatic heterocycles. The van der Waals surface area contributed by atoms with E-state index < -0.39 is 0 Å². The molecule has 300 valence electrons. The summed E-state index contributed by atoms with van der Waals surface area (Å²) in [6.07, 6.45) is 8.08. The first-order valence-electron chi connectivity index (χ1n) is 20.6. The lowest BCUT2D eigenvalue weighted by molar-refractivity contribution is 0.0647. The van der Waals surface area contributed by atoms with E-state index in [0.717, 1.165) is 96.5 Å². The lowest BCUT2D eigenvalue weighted by Gasteiger charge is -2.36. The summed E-state index contributed by atoms with van der Waals surface area (Å²) in [7, 11) is 5.96. The van der Waals surface area contributed by atoms with Crippen molar-refractivity contribution in [3.63, 3.8) is 0 Å². The van der Waals surface area contributed by atoms with Gasteiger partial charge in [-0.1, -0.05) is 44.2 Å². The molecular weight excluding hydrogens is 729 g/mol. The predicted molar refractivity (Wildman–Crippen MR) is 226 cm³/mol. The van der Waals surface area contributed by atoms with Crippen LogP contribution in [0.3, 0.4) is 0 Å². The number of anilines is 3. The second-order valence-electron chi connectivity index (χ2n) is 15.7. The van der Waals surface area contributed by atoms with Crippen LogP contribution in [-0.4, -0.2) is 94.0 Å². The highest BCUT2D eigenvalue weighted by molar-refractivity contribution is 6.21. The molecule has 1 N–H and O–H groups in total. The molecule has 0 spiro atoms. The van der Waals surface area contributed by atoms with E-state index >= 15 is 0 Å². The number of nitrogens with one attached hydrogen (secondary N) is 1. The van der Waals surface area contributed by atoms with Crippen molar-refractivity contribution in [3.05, 3.63) is 111 Å². The van der Waals surface area contributed by atoms with Crippen molar-refractivity contribution >= 4 is 34.9 Å². The molecule has 12 nitrogen and oxygen atoms in total. The molecule has 12 heteroatoms. The maximum atomic E-state index is 14.5. The Kier molecular flexibility index (Phi) is 11.1. The van der Waals surface area contributed by atoms with Gasteiger partial charge in [-0.3, -0.25) is 24.0 Å². The average molecular weight is 781 g/mol. The summed E-state index contributed by atoms with van der Waals surface area (Å²) >= 11 is 0. The molecule has 2 aliphatic heterocycles. The quantitative estimate of drug-likeness (QED) is 0.0991. The number of hydrogen-bond acceptors (Lipinski definition) is 10. The van der Waals surface area contributed by atoms with E-state index in [1.54, 1.807) is 36.1 Å². The van der Waals surface area contributed by atoms with Gasteiger partial charge in [0.25, 0.3) is 11.8 Å². The number of hydrogen-bond donors (Lipinski definition) is 1. The molecule has 5 aromatic rings. The van der Waals surface area contributed by atoms with Crippen LogP contribution in [0.1, 0.15) is 92.1 Å². The third-order valence-corrected chi connectivity index (χ3v) is 12.2. The average Bonchev–Trinajstić information content (AvgIpc) is 3.65. The molecule has 4 heterocycles. The number of ketones is 1.